The summed E-state index contributed by atoms with van der Waals surface area (Å²) in [5.41, 5.74) is -0.0814. The van der Waals surface area contributed by atoms with E-state index < -0.39 is 34.8 Å². The van der Waals surface area contributed by atoms with Gasteiger partial charge in [-0.2, -0.15) is 0 Å². The highest BCUT2D eigenvalue weighted by Gasteiger charge is 2.28. The van der Waals surface area contributed by atoms with Gasteiger partial charge in [0.2, 0.25) is 6.79 Å². The summed E-state index contributed by atoms with van der Waals surface area (Å²) in [4.78, 5) is 0. The number of benzene rings is 2. The molecule has 0 saturated heterocycles. The van der Waals surface area contributed by atoms with Gasteiger partial charge in [-0.3, -0.25) is 0 Å². The number of rotatable bonds is 4. The fourth-order valence-electron chi connectivity index (χ4n) is 2.79. The zero-order chi connectivity index (χ0) is 16.6. The molecule has 6 heteroatoms. The monoisotopic (exact) mass is 326 g/mol. The molecule has 0 aromatic heterocycles. The van der Waals surface area contributed by atoms with Crippen molar-refractivity contribution < 1.29 is 27.0 Å². The van der Waals surface area contributed by atoms with E-state index in [0.717, 1.165) is 0 Å². The van der Waals surface area contributed by atoms with Gasteiger partial charge in [-0.25, -0.2) is 17.6 Å². The van der Waals surface area contributed by atoms with Crippen LogP contribution in [0.15, 0.2) is 24.3 Å². The van der Waals surface area contributed by atoms with Gasteiger partial charge >= 0.3 is 0 Å². The van der Waals surface area contributed by atoms with Crippen LogP contribution in [0.25, 0.3) is 0 Å². The van der Waals surface area contributed by atoms with Crippen molar-refractivity contribution in [2.45, 2.75) is 25.7 Å². The van der Waals surface area contributed by atoms with Crippen molar-refractivity contribution in [3.8, 4) is 11.5 Å². The zero-order valence-electron chi connectivity index (χ0n) is 12.3. The van der Waals surface area contributed by atoms with Crippen LogP contribution in [0.1, 0.15) is 36.8 Å². The Balaban J connectivity index is 2.13. The van der Waals surface area contributed by atoms with Crippen LogP contribution in [0.3, 0.4) is 0 Å². The molecule has 3 rings (SSSR count). The molecule has 1 atom stereocenters. The highest BCUT2D eigenvalue weighted by atomic mass is 19.2. The SMILES string of the molecule is CCCC(c1ccc2c(c1)OCO2)c1c(F)c(F)cc(F)c1F. The van der Waals surface area contributed by atoms with E-state index in [4.69, 9.17) is 9.47 Å². The Labute approximate surface area is 130 Å². The lowest BCUT2D eigenvalue weighted by atomic mass is 9.86. The predicted octanol–water partition coefficient (Wildman–Crippen LogP) is 4.90. The maximum absolute atomic E-state index is 14.1. The van der Waals surface area contributed by atoms with Crippen LogP contribution >= 0.6 is 0 Å². The molecule has 0 saturated carbocycles. The molecule has 1 heterocycles. The summed E-state index contributed by atoms with van der Waals surface area (Å²) in [7, 11) is 0. The van der Waals surface area contributed by atoms with Crippen LogP contribution < -0.4 is 9.47 Å². The second-order valence-corrected chi connectivity index (χ2v) is 5.34. The van der Waals surface area contributed by atoms with Crippen LogP contribution in [-0.4, -0.2) is 6.79 Å². The molecule has 0 N–H and O–H groups in total. The summed E-state index contributed by atoms with van der Waals surface area (Å²) >= 11 is 0. The highest BCUT2D eigenvalue weighted by Crippen LogP contribution is 2.40. The van der Waals surface area contributed by atoms with Gasteiger partial charge < -0.3 is 9.47 Å². The molecule has 1 aliphatic heterocycles. The van der Waals surface area contributed by atoms with Gasteiger partial charge in [0.15, 0.2) is 34.8 Å². The first-order valence-electron chi connectivity index (χ1n) is 7.25. The lowest BCUT2D eigenvalue weighted by Gasteiger charge is -2.19. The van der Waals surface area contributed by atoms with Crippen molar-refractivity contribution >= 4 is 0 Å². The molecule has 122 valence electrons. The van der Waals surface area contributed by atoms with Crippen LogP contribution in [0.4, 0.5) is 17.6 Å². The molecule has 0 spiro atoms. The molecule has 23 heavy (non-hydrogen) atoms. The molecule has 0 fully saturated rings. The summed E-state index contributed by atoms with van der Waals surface area (Å²) in [6.45, 7) is 1.89. The average molecular weight is 326 g/mol. The van der Waals surface area contributed by atoms with E-state index in [1.165, 1.54) is 0 Å². The van der Waals surface area contributed by atoms with Gasteiger partial charge in [0.1, 0.15) is 0 Å². The molecular formula is C17H14F4O2. The van der Waals surface area contributed by atoms with Gasteiger partial charge in [-0.15, -0.1) is 0 Å². The largest absolute Gasteiger partial charge is 0.454 e. The fourth-order valence-corrected chi connectivity index (χ4v) is 2.79. The summed E-state index contributed by atoms with van der Waals surface area (Å²) in [5.74, 6) is -5.38. The number of fused-ring (bicyclic) bond motifs is 1. The van der Waals surface area contributed by atoms with E-state index in [-0.39, 0.29) is 12.9 Å². The highest BCUT2D eigenvalue weighted by molar-refractivity contribution is 5.47. The Hall–Kier alpha value is -2.24. The van der Waals surface area contributed by atoms with Crippen LogP contribution in [0.5, 0.6) is 11.5 Å². The van der Waals surface area contributed by atoms with E-state index >= 15 is 0 Å². The maximum Gasteiger partial charge on any atom is 0.231 e. The van der Waals surface area contributed by atoms with Gasteiger partial charge in [0, 0.05) is 17.5 Å². The maximum atomic E-state index is 14.1. The third kappa shape index (κ3) is 2.73. The average Bonchev–Trinajstić information content (AvgIpc) is 3.00. The molecule has 0 bridgehead atoms. The molecule has 0 amide bonds. The smallest absolute Gasteiger partial charge is 0.231 e. The molecule has 1 unspecified atom stereocenters. The molecule has 0 aliphatic carbocycles. The number of ether oxygens (including phenoxy) is 2. The van der Waals surface area contributed by atoms with E-state index in [1.807, 2.05) is 6.92 Å². The number of hydrogen-bond donors (Lipinski definition) is 0. The van der Waals surface area contributed by atoms with E-state index in [0.29, 0.717) is 29.9 Å². The first-order valence-corrected chi connectivity index (χ1v) is 7.25. The Morgan fingerprint density at radius 1 is 0.957 bits per heavy atom. The third-order valence-electron chi connectivity index (χ3n) is 3.87. The minimum absolute atomic E-state index is 0.0640. The Bertz CT molecular complexity index is 720. The first kappa shape index (κ1) is 15.6. The molecule has 2 aromatic rings. The lowest BCUT2D eigenvalue weighted by molar-refractivity contribution is 0.174. The van der Waals surface area contributed by atoms with Crippen molar-refractivity contribution in [1.29, 1.82) is 0 Å². The van der Waals surface area contributed by atoms with E-state index in [1.54, 1.807) is 18.2 Å². The van der Waals surface area contributed by atoms with Crippen LogP contribution in [0, 0.1) is 23.3 Å². The normalized spacial score (nSPS) is 14.1. The third-order valence-corrected chi connectivity index (χ3v) is 3.87. The topological polar surface area (TPSA) is 18.5 Å². The number of hydrogen-bond acceptors (Lipinski definition) is 2. The summed E-state index contributed by atoms with van der Waals surface area (Å²) in [6.07, 6.45) is 0.909. The van der Waals surface area contributed by atoms with Gasteiger partial charge in [0.05, 0.1) is 0 Å². The Morgan fingerprint density at radius 2 is 1.61 bits per heavy atom. The zero-order valence-corrected chi connectivity index (χ0v) is 12.3. The summed E-state index contributed by atoms with van der Waals surface area (Å²) in [5, 5.41) is 0. The minimum atomic E-state index is -1.40. The summed E-state index contributed by atoms with van der Waals surface area (Å²) in [6, 6.07) is 5.04. The van der Waals surface area contributed by atoms with Gasteiger partial charge in [-0.1, -0.05) is 19.4 Å². The Kier molecular flexibility index (Phi) is 4.15. The standard InChI is InChI=1S/C17H14F4O2/c1-2-3-10(9-4-5-13-14(6-9)23-8-22-13)15-16(20)11(18)7-12(19)17(15)21/h4-7,10H,2-3,8H2,1H3. The molecule has 0 radical (unpaired) electrons. The second kappa shape index (κ2) is 6.10. The number of halogens is 4. The van der Waals surface area contributed by atoms with Crippen LogP contribution in [0.2, 0.25) is 0 Å². The lowest BCUT2D eigenvalue weighted by Crippen LogP contribution is -2.10. The van der Waals surface area contributed by atoms with E-state index in [2.05, 4.69) is 0 Å². The molecule has 2 aromatic carbocycles. The first-order chi connectivity index (χ1) is 11.0. The van der Waals surface area contributed by atoms with Gasteiger partial charge in [0.25, 0.3) is 0 Å². The molecular weight excluding hydrogens is 312 g/mol. The quantitative estimate of drug-likeness (QED) is 0.587. The minimum Gasteiger partial charge on any atom is -0.454 e. The van der Waals surface area contributed by atoms with Crippen molar-refractivity contribution in [3.05, 3.63) is 58.7 Å². The van der Waals surface area contributed by atoms with Crippen molar-refractivity contribution in [1.82, 2.24) is 0 Å². The van der Waals surface area contributed by atoms with Crippen molar-refractivity contribution in [3.63, 3.8) is 0 Å². The fraction of sp³-hybridized carbons (Fsp3) is 0.294. The van der Waals surface area contributed by atoms with Crippen molar-refractivity contribution in [2.75, 3.05) is 6.79 Å². The van der Waals surface area contributed by atoms with Gasteiger partial charge in [-0.05, 0) is 24.1 Å². The Morgan fingerprint density at radius 3 is 2.26 bits per heavy atom. The molecule has 1 aliphatic rings. The van der Waals surface area contributed by atoms with Crippen molar-refractivity contribution in [2.24, 2.45) is 0 Å². The predicted molar refractivity (Wildman–Crippen MR) is 75.6 cm³/mol. The van der Waals surface area contributed by atoms with E-state index in [9.17, 15) is 17.6 Å². The summed E-state index contributed by atoms with van der Waals surface area (Å²) < 4.78 is 65.8. The second-order valence-electron chi connectivity index (χ2n) is 5.34. The molecule has 2 nitrogen and oxygen atoms in total. The van der Waals surface area contributed by atoms with Crippen LogP contribution in [-0.2, 0) is 0 Å².